The molecule has 110 valence electrons. The van der Waals surface area contributed by atoms with Crippen molar-refractivity contribution < 1.29 is 28.7 Å². The van der Waals surface area contributed by atoms with Crippen LogP contribution in [0.15, 0.2) is 30.3 Å². The molecule has 0 aliphatic heterocycles. The van der Waals surface area contributed by atoms with Crippen LogP contribution in [0.1, 0.15) is 5.56 Å². The molecule has 2 nitrogen and oxygen atoms in total. The van der Waals surface area contributed by atoms with E-state index in [1.54, 1.807) is 0 Å². The summed E-state index contributed by atoms with van der Waals surface area (Å²) in [6.07, 6.45) is 0. The van der Waals surface area contributed by atoms with Gasteiger partial charge in [0, 0.05) is 8.07 Å². The number of hydrogen-bond acceptors (Lipinski definition) is 0. The summed E-state index contributed by atoms with van der Waals surface area (Å²) in [5.41, 5.74) is 1.37. The molecule has 0 saturated carbocycles. The van der Waals surface area contributed by atoms with Gasteiger partial charge >= 0.3 is 18.9 Å². The molecule has 0 radical (unpaired) electrons. The van der Waals surface area contributed by atoms with Gasteiger partial charge in [-0.1, -0.05) is 25.7 Å². The van der Waals surface area contributed by atoms with E-state index in [4.69, 9.17) is 0 Å². The topological polar surface area (TPSA) is 8.88 Å². The first-order chi connectivity index (χ1) is 8.70. The maximum absolute atomic E-state index is 2.41. The summed E-state index contributed by atoms with van der Waals surface area (Å²) < 4.78 is 0. The van der Waals surface area contributed by atoms with E-state index in [0.717, 1.165) is 0 Å². The zero-order valence-electron chi connectivity index (χ0n) is 14.9. The van der Waals surface area contributed by atoms with Crippen molar-refractivity contribution in [1.82, 2.24) is 0 Å². The molecule has 1 aromatic carbocycles. The van der Waals surface area contributed by atoms with Crippen LogP contribution in [0.4, 0.5) is 0 Å². The molecular formula is C16H33LiN2Si+2. The molecule has 20 heavy (non-hydrogen) atoms. The molecule has 0 aromatic heterocycles. The van der Waals surface area contributed by atoms with Gasteiger partial charge in [0.2, 0.25) is 0 Å². The summed E-state index contributed by atoms with van der Waals surface area (Å²) in [5.74, 6) is 0. The molecule has 1 aromatic rings. The van der Waals surface area contributed by atoms with Gasteiger partial charge in [0.05, 0.1) is 28.2 Å². The van der Waals surface area contributed by atoms with Crippen LogP contribution in [0.2, 0.25) is 19.6 Å². The first-order valence-electron chi connectivity index (χ1n) is 7.20. The fourth-order valence-corrected chi connectivity index (χ4v) is 2.74. The van der Waals surface area contributed by atoms with E-state index < -0.39 is 8.07 Å². The summed E-state index contributed by atoms with van der Waals surface area (Å²) in [4.78, 5) is 3.07. The molecular weight excluding hydrogens is 255 g/mol. The van der Waals surface area contributed by atoms with E-state index in [1.807, 2.05) is 0 Å². The van der Waals surface area contributed by atoms with Crippen molar-refractivity contribution in [2.75, 3.05) is 41.3 Å². The van der Waals surface area contributed by atoms with Crippen molar-refractivity contribution >= 4 is 8.07 Å². The van der Waals surface area contributed by atoms with Crippen molar-refractivity contribution in [3.63, 3.8) is 0 Å². The normalized spacial score (nSPS) is 10.7. The summed E-state index contributed by atoms with van der Waals surface area (Å²) in [6.45, 7) is 9.57. The molecule has 0 amide bonds. The van der Waals surface area contributed by atoms with Crippen LogP contribution in [0.25, 0.3) is 0 Å². The SMILES string of the molecule is C[NH+](C)CC[NH+](C)C.C[Si](C)(C)[CH-]c1ccccc1.[Li+]. The van der Waals surface area contributed by atoms with E-state index in [1.165, 1.54) is 28.5 Å². The summed E-state index contributed by atoms with van der Waals surface area (Å²) >= 11 is 0. The van der Waals surface area contributed by atoms with E-state index in [-0.39, 0.29) is 18.9 Å². The van der Waals surface area contributed by atoms with Crippen LogP contribution >= 0.6 is 0 Å². The minimum absolute atomic E-state index is 0. The molecule has 0 spiro atoms. The van der Waals surface area contributed by atoms with Crippen molar-refractivity contribution in [3.8, 4) is 0 Å². The molecule has 2 N–H and O–H groups in total. The molecule has 0 aliphatic rings. The number of nitrogens with one attached hydrogen (secondary N) is 2. The second kappa shape index (κ2) is 11.5. The summed E-state index contributed by atoms with van der Waals surface area (Å²) in [5, 5.41) is 0. The van der Waals surface area contributed by atoms with Crippen LogP contribution in [-0.2, 0) is 0 Å². The minimum atomic E-state index is -1.02. The Balaban J connectivity index is 0. The number of rotatable bonds is 5. The van der Waals surface area contributed by atoms with Crippen molar-refractivity contribution in [3.05, 3.63) is 41.9 Å². The zero-order chi connectivity index (χ0) is 14.9. The number of quaternary nitrogens is 2. The third kappa shape index (κ3) is 15.9. The van der Waals surface area contributed by atoms with Crippen LogP contribution in [0.5, 0.6) is 0 Å². The van der Waals surface area contributed by atoms with E-state index >= 15 is 0 Å². The monoisotopic (exact) mass is 288 g/mol. The van der Waals surface area contributed by atoms with Gasteiger partial charge in [-0.15, -0.1) is 12.1 Å². The van der Waals surface area contributed by atoms with Gasteiger partial charge < -0.3 is 9.80 Å². The smallest absolute Gasteiger partial charge is 0.335 e. The minimum Gasteiger partial charge on any atom is -0.335 e. The van der Waals surface area contributed by atoms with E-state index in [9.17, 15) is 0 Å². The largest absolute Gasteiger partial charge is 1.00 e. The fourth-order valence-electron chi connectivity index (χ4n) is 1.55. The molecule has 4 heteroatoms. The molecule has 0 fully saturated rings. The first kappa shape index (κ1) is 22.1. The third-order valence-electron chi connectivity index (χ3n) is 2.52. The number of hydrogen-bond donors (Lipinski definition) is 2. The summed E-state index contributed by atoms with van der Waals surface area (Å²) in [6, 6.07) is 13.0. The van der Waals surface area contributed by atoms with Gasteiger partial charge in [0.1, 0.15) is 13.1 Å². The van der Waals surface area contributed by atoms with Gasteiger partial charge in [0.25, 0.3) is 0 Å². The van der Waals surface area contributed by atoms with Crippen LogP contribution in [-0.4, -0.2) is 49.4 Å². The van der Waals surface area contributed by atoms with Gasteiger partial charge in [-0.25, -0.2) is 0 Å². The van der Waals surface area contributed by atoms with Crippen LogP contribution < -0.4 is 28.7 Å². The molecule has 0 unspecified atom stereocenters. The second-order valence-corrected chi connectivity index (χ2v) is 11.9. The molecule has 0 atom stereocenters. The fraction of sp³-hybridized carbons (Fsp3) is 0.562. The maximum Gasteiger partial charge on any atom is 1.00 e. The van der Waals surface area contributed by atoms with Gasteiger partial charge in [-0.2, -0.15) is 23.7 Å². The van der Waals surface area contributed by atoms with Crippen molar-refractivity contribution in [1.29, 1.82) is 0 Å². The Kier molecular flexibility index (Phi) is 12.7. The Morgan fingerprint density at radius 3 is 1.55 bits per heavy atom. The second-order valence-electron chi connectivity index (χ2n) is 6.84. The third-order valence-corrected chi connectivity index (χ3v) is 3.72. The quantitative estimate of drug-likeness (QED) is 0.434. The van der Waals surface area contributed by atoms with Crippen LogP contribution in [0.3, 0.4) is 0 Å². The Hall–Kier alpha value is -0.176. The van der Waals surface area contributed by atoms with Gasteiger partial charge in [0.15, 0.2) is 0 Å². The molecule has 0 saturated heterocycles. The number of benzene rings is 1. The standard InChI is InChI=1S/C10H15Si.C6H16N2.Li/c1-11(2,3)9-10-7-5-4-6-8-10;1-7(2)5-6-8(3)4;/h4-9H,1-3H3;5-6H2,1-4H3;/q-1;;+1/p+2. The Morgan fingerprint density at radius 2 is 1.25 bits per heavy atom. The van der Waals surface area contributed by atoms with Crippen molar-refractivity contribution in [2.24, 2.45) is 0 Å². The van der Waals surface area contributed by atoms with Gasteiger partial charge in [-0.3, -0.25) is 0 Å². The van der Waals surface area contributed by atoms with Gasteiger partial charge in [-0.05, 0) is 0 Å². The first-order valence-corrected chi connectivity index (χ1v) is 10.8. The molecule has 0 heterocycles. The predicted molar refractivity (Wildman–Crippen MR) is 88.5 cm³/mol. The molecule has 0 aliphatic carbocycles. The molecule has 1 rings (SSSR count). The summed E-state index contributed by atoms with van der Waals surface area (Å²) in [7, 11) is 7.71. The average molecular weight is 288 g/mol. The van der Waals surface area contributed by atoms with E-state index in [0.29, 0.717) is 0 Å². The number of likely N-dealkylation sites (N-methyl/N-ethyl adjacent to an activating group) is 2. The Labute approximate surface area is 139 Å². The maximum atomic E-state index is 2.41. The molecule has 0 bridgehead atoms. The Morgan fingerprint density at radius 1 is 0.850 bits per heavy atom. The average Bonchev–Trinajstić information content (AvgIpc) is 2.26. The predicted octanol–water partition coefficient (Wildman–Crippen LogP) is -2.60. The zero-order valence-corrected chi connectivity index (χ0v) is 15.9. The van der Waals surface area contributed by atoms with E-state index in [2.05, 4.69) is 84.2 Å². The van der Waals surface area contributed by atoms with Crippen LogP contribution in [0, 0.1) is 6.04 Å². The van der Waals surface area contributed by atoms with Crippen molar-refractivity contribution in [2.45, 2.75) is 19.6 Å². The Bertz CT molecular complexity index is 313.